The number of rotatable bonds is 12. The second-order valence-corrected chi connectivity index (χ2v) is 12.1. The zero-order valence-electron chi connectivity index (χ0n) is 23.6. The van der Waals surface area contributed by atoms with Crippen molar-refractivity contribution in [1.82, 2.24) is 10.2 Å². The maximum atomic E-state index is 14.4. The number of aryl methyl sites for hydroxylation is 1. The van der Waals surface area contributed by atoms with E-state index in [2.05, 4.69) is 5.32 Å². The molecule has 1 atom stereocenters. The predicted octanol–water partition coefficient (Wildman–Crippen LogP) is 5.62. The molecule has 0 spiro atoms. The van der Waals surface area contributed by atoms with Gasteiger partial charge >= 0.3 is 0 Å². The van der Waals surface area contributed by atoms with Gasteiger partial charge in [-0.25, -0.2) is 8.42 Å². The number of halogens is 1. The molecule has 0 aliphatic carbocycles. The van der Waals surface area contributed by atoms with E-state index < -0.39 is 28.5 Å². The number of hydrogen-bond donors (Lipinski definition) is 1. The minimum atomic E-state index is -4.20. The Bertz CT molecular complexity index is 1610. The van der Waals surface area contributed by atoms with Gasteiger partial charge in [0.2, 0.25) is 11.8 Å². The summed E-state index contributed by atoms with van der Waals surface area (Å²) in [4.78, 5) is 29.4. The monoisotopic (exact) mass is 603 g/mol. The molecule has 0 saturated heterocycles. The molecule has 0 saturated carbocycles. The van der Waals surface area contributed by atoms with Crippen LogP contribution in [0.25, 0.3) is 0 Å². The lowest BCUT2D eigenvalue weighted by atomic mass is 10.0. The van der Waals surface area contributed by atoms with Gasteiger partial charge in [-0.15, -0.1) is 0 Å². The first-order valence-electron chi connectivity index (χ1n) is 13.7. The fraction of sp³-hybridized carbons (Fsp3) is 0.212. The van der Waals surface area contributed by atoms with Crippen LogP contribution in [0.15, 0.2) is 114 Å². The van der Waals surface area contributed by atoms with Gasteiger partial charge in [0.15, 0.2) is 0 Å². The number of carbonyl (C=O) groups is 2. The van der Waals surface area contributed by atoms with Crippen LogP contribution in [0.4, 0.5) is 5.69 Å². The Morgan fingerprint density at radius 3 is 2.07 bits per heavy atom. The van der Waals surface area contributed by atoms with Crippen molar-refractivity contribution in [2.24, 2.45) is 0 Å². The fourth-order valence-electron chi connectivity index (χ4n) is 4.70. The van der Waals surface area contributed by atoms with Gasteiger partial charge in [0.25, 0.3) is 10.0 Å². The summed E-state index contributed by atoms with van der Waals surface area (Å²) < 4.78 is 29.0. The molecule has 218 valence electrons. The molecule has 42 heavy (non-hydrogen) atoms. The molecule has 4 aromatic rings. The van der Waals surface area contributed by atoms with Crippen molar-refractivity contribution >= 4 is 39.1 Å². The van der Waals surface area contributed by atoms with E-state index in [1.807, 2.05) is 68.4 Å². The molecule has 7 nitrogen and oxygen atoms in total. The smallest absolute Gasteiger partial charge is 0.264 e. The number of hydrogen-bond acceptors (Lipinski definition) is 4. The highest BCUT2D eigenvalue weighted by Crippen LogP contribution is 2.31. The van der Waals surface area contributed by atoms with E-state index in [1.54, 1.807) is 42.5 Å². The summed E-state index contributed by atoms with van der Waals surface area (Å²) in [5, 5.41) is 3.05. The van der Waals surface area contributed by atoms with Crippen molar-refractivity contribution in [2.75, 3.05) is 17.4 Å². The van der Waals surface area contributed by atoms with Crippen LogP contribution in [0, 0.1) is 6.92 Å². The SMILES string of the molecule is CCNC(=O)[C@H](Cc1ccccc1)N(Cc1ccccc1C)C(=O)CN(c1ccccc1Cl)S(=O)(=O)c1ccccc1. The van der Waals surface area contributed by atoms with Crippen LogP contribution in [0.3, 0.4) is 0 Å². The van der Waals surface area contributed by atoms with Gasteiger partial charge in [-0.3, -0.25) is 13.9 Å². The molecule has 4 aromatic carbocycles. The molecule has 0 fully saturated rings. The summed E-state index contributed by atoms with van der Waals surface area (Å²) in [5.41, 5.74) is 2.84. The molecule has 0 aromatic heterocycles. The quantitative estimate of drug-likeness (QED) is 0.228. The third-order valence-electron chi connectivity index (χ3n) is 6.96. The zero-order valence-corrected chi connectivity index (χ0v) is 25.2. The number of anilines is 1. The fourth-order valence-corrected chi connectivity index (χ4v) is 6.45. The number of amides is 2. The summed E-state index contributed by atoms with van der Waals surface area (Å²) in [7, 11) is -4.20. The van der Waals surface area contributed by atoms with Gasteiger partial charge in [0.05, 0.1) is 15.6 Å². The summed E-state index contributed by atoms with van der Waals surface area (Å²) in [6, 6.07) is 30.6. The molecular weight excluding hydrogens is 570 g/mol. The van der Waals surface area contributed by atoms with Crippen molar-refractivity contribution < 1.29 is 18.0 Å². The Labute approximate surface area is 252 Å². The van der Waals surface area contributed by atoms with Crippen molar-refractivity contribution in [3.63, 3.8) is 0 Å². The third kappa shape index (κ3) is 7.38. The van der Waals surface area contributed by atoms with Crippen LogP contribution in [0.2, 0.25) is 5.02 Å². The van der Waals surface area contributed by atoms with Crippen LogP contribution in [0.1, 0.15) is 23.6 Å². The lowest BCUT2D eigenvalue weighted by molar-refractivity contribution is -0.140. The minimum absolute atomic E-state index is 0.0211. The largest absolute Gasteiger partial charge is 0.355 e. The highest BCUT2D eigenvalue weighted by molar-refractivity contribution is 7.92. The molecule has 0 unspecified atom stereocenters. The highest BCUT2D eigenvalue weighted by atomic mass is 35.5. The lowest BCUT2D eigenvalue weighted by Gasteiger charge is -2.34. The van der Waals surface area contributed by atoms with Gasteiger partial charge in [-0.1, -0.05) is 96.5 Å². The number of benzene rings is 4. The summed E-state index contributed by atoms with van der Waals surface area (Å²) >= 11 is 6.49. The van der Waals surface area contributed by atoms with Gasteiger partial charge < -0.3 is 10.2 Å². The average Bonchev–Trinajstić information content (AvgIpc) is 3.00. The minimum Gasteiger partial charge on any atom is -0.355 e. The van der Waals surface area contributed by atoms with E-state index in [1.165, 1.54) is 17.0 Å². The van der Waals surface area contributed by atoms with E-state index in [4.69, 9.17) is 11.6 Å². The molecule has 1 N–H and O–H groups in total. The average molecular weight is 604 g/mol. The Morgan fingerprint density at radius 1 is 0.833 bits per heavy atom. The molecule has 0 aliphatic rings. The van der Waals surface area contributed by atoms with E-state index in [-0.39, 0.29) is 34.5 Å². The Morgan fingerprint density at radius 2 is 1.43 bits per heavy atom. The van der Waals surface area contributed by atoms with Crippen molar-refractivity contribution in [1.29, 1.82) is 0 Å². The Balaban J connectivity index is 1.81. The van der Waals surface area contributed by atoms with Gasteiger partial charge in [0.1, 0.15) is 12.6 Å². The number of nitrogens with zero attached hydrogens (tertiary/aromatic N) is 2. The zero-order chi connectivity index (χ0) is 30.1. The first-order chi connectivity index (χ1) is 20.2. The first kappa shape index (κ1) is 30.8. The number of likely N-dealkylation sites (N-methyl/N-ethyl adjacent to an activating group) is 1. The molecule has 0 aliphatic heterocycles. The molecule has 2 amide bonds. The molecule has 4 rings (SSSR count). The highest BCUT2D eigenvalue weighted by Gasteiger charge is 2.35. The van der Waals surface area contributed by atoms with Crippen molar-refractivity contribution in [3.8, 4) is 0 Å². The van der Waals surface area contributed by atoms with Crippen LogP contribution in [0.5, 0.6) is 0 Å². The summed E-state index contributed by atoms with van der Waals surface area (Å²) in [5.74, 6) is -0.858. The van der Waals surface area contributed by atoms with E-state index in [0.29, 0.717) is 6.54 Å². The van der Waals surface area contributed by atoms with Gasteiger partial charge in [0, 0.05) is 19.5 Å². The number of sulfonamides is 1. The van der Waals surface area contributed by atoms with Gasteiger partial charge in [-0.05, 0) is 54.8 Å². The number of carbonyl (C=O) groups excluding carboxylic acids is 2. The second kappa shape index (κ2) is 14.2. The third-order valence-corrected chi connectivity index (χ3v) is 9.05. The second-order valence-electron chi connectivity index (χ2n) is 9.82. The topological polar surface area (TPSA) is 86.8 Å². The number of para-hydroxylation sites is 1. The molecule has 0 bridgehead atoms. The first-order valence-corrected chi connectivity index (χ1v) is 15.5. The standard InChI is InChI=1S/C33H34ClN3O4S/c1-3-35-33(39)31(22-26-15-6-4-7-16-26)36(23-27-17-11-10-14-25(27)2)32(38)24-37(30-21-13-12-20-29(30)34)42(40,41)28-18-8-5-9-19-28/h4-21,31H,3,22-24H2,1-2H3,(H,35,39)/t31-/m0/s1. The summed E-state index contributed by atoms with van der Waals surface area (Å²) in [6.07, 6.45) is 0.252. The summed E-state index contributed by atoms with van der Waals surface area (Å²) in [6.45, 7) is 3.69. The van der Waals surface area contributed by atoms with Crippen LogP contribution in [-0.2, 0) is 32.6 Å². The Hall–Kier alpha value is -4.14. The normalized spacial score (nSPS) is 11.9. The molecule has 9 heteroatoms. The van der Waals surface area contributed by atoms with Crippen molar-refractivity contribution in [2.45, 2.75) is 37.8 Å². The maximum Gasteiger partial charge on any atom is 0.264 e. The molecular formula is C33H34ClN3O4S. The van der Waals surface area contributed by atoms with Gasteiger partial charge in [-0.2, -0.15) is 0 Å². The lowest BCUT2D eigenvalue weighted by Crippen LogP contribution is -2.53. The van der Waals surface area contributed by atoms with E-state index in [9.17, 15) is 18.0 Å². The predicted molar refractivity (Wildman–Crippen MR) is 167 cm³/mol. The Kier molecular flexibility index (Phi) is 10.4. The molecule has 0 radical (unpaired) electrons. The maximum absolute atomic E-state index is 14.4. The molecule has 0 heterocycles. The van der Waals surface area contributed by atoms with Crippen LogP contribution >= 0.6 is 11.6 Å². The van der Waals surface area contributed by atoms with Crippen molar-refractivity contribution in [3.05, 3.63) is 131 Å². The van der Waals surface area contributed by atoms with E-state index >= 15 is 0 Å². The van der Waals surface area contributed by atoms with E-state index in [0.717, 1.165) is 21.0 Å². The number of nitrogens with one attached hydrogen (secondary N) is 1. The van der Waals surface area contributed by atoms with Crippen LogP contribution in [-0.4, -0.2) is 44.3 Å². The van der Waals surface area contributed by atoms with Crippen LogP contribution < -0.4 is 9.62 Å².